The van der Waals surface area contributed by atoms with Crippen LogP contribution >= 0.6 is 0 Å². The van der Waals surface area contributed by atoms with E-state index in [-0.39, 0.29) is 0 Å². The van der Waals surface area contributed by atoms with E-state index in [1.54, 1.807) is 0 Å². The number of ether oxygens (including phenoxy) is 1. The van der Waals surface area contributed by atoms with Gasteiger partial charge in [0.05, 0.1) is 13.2 Å². The summed E-state index contributed by atoms with van der Waals surface area (Å²) in [6.45, 7) is 9.40. The summed E-state index contributed by atoms with van der Waals surface area (Å²) in [7, 11) is 0. The molecule has 1 unspecified atom stereocenters. The van der Waals surface area contributed by atoms with Crippen molar-refractivity contribution < 1.29 is 4.74 Å². The molecule has 1 rings (SSSR count). The normalized spacial score (nSPS) is 20.2. The first-order valence-electron chi connectivity index (χ1n) is 5.19. The Morgan fingerprint density at radius 1 is 1.46 bits per heavy atom. The van der Waals surface area contributed by atoms with Gasteiger partial charge in [-0.3, -0.25) is 0 Å². The molecule has 0 saturated carbocycles. The molecule has 0 fully saturated rings. The minimum Gasteiger partial charge on any atom is -0.377 e. The summed E-state index contributed by atoms with van der Waals surface area (Å²) >= 11 is 0. The Balaban J connectivity index is 2.21. The Kier molecular flexibility index (Phi) is 4.46. The summed E-state index contributed by atoms with van der Waals surface area (Å²) < 4.78 is 5.37. The Labute approximate surface area is 81.4 Å². The molecule has 76 valence electrons. The van der Waals surface area contributed by atoms with E-state index in [0.717, 1.165) is 26.2 Å². The van der Waals surface area contributed by atoms with Crippen molar-refractivity contribution in [2.45, 2.75) is 33.2 Å². The molecule has 0 aromatic heterocycles. The average molecular weight is 183 g/mol. The number of rotatable bonds is 4. The summed E-state index contributed by atoms with van der Waals surface area (Å²) in [5.41, 5.74) is 1.40. The highest BCUT2D eigenvalue weighted by molar-refractivity contribution is 5.06. The van der Waals surface area contributed by atoms with Crippen LogP contribution in [0.4, 0.5) is 0 Å². The first kappa shape index (κ1) is 10.7. The standard InChI is InChI=1S/C11H21NO/c1-9(2)10(3)12-7-11-5-4-6-13-8-11/h5,9-10,12H,4,6-8H2,1-3H3. The second-order valence-corrected chi connectivity index (χ2v) is 4.12. The third-order valence-corrected chi connectivity index (χ3v) is 2.63. The van der Waals surface area contributed by atoms with Gasteiger partial charge >= 0.3 is 0 Å². The Morgan fingerprint density at radius 3 is 2.77 bits per heavy atom. The molecule has 0 radical (unpaired) electrons. The molecule has 1 aliphatic heterocycles. The van der Waals surface area contributed by atoms with E-state index in [2.05, 4.69) is 32.2 Å². The van der Waals surface area contributed by atoms with Gasteiger partial charge in [-0.15, -0.1) is 0 Å². The molecule has 0 aromatic rings. The SMILES string of the molecule is CC(C)C(C)NCC1=CCCOC1. The fourth-order valence-electron chi connectivity index (χ4n) is 1.26. The monoisotopic (exact) mass is 183 g/mol. The number of hydrogen-bond donors (Lipinski definition) is 1. The molecule has 0 saturated heterocycles. The molecule has 2 nitrogen and oxygen atoms in total. The maximum absolute atomic E-state index is 5.37. The zero-order chi connectivity index (χ0) is 9.68. The van der Waals surface area contributed by atoms with Crippen molar-refractivity contribution in [1.29, 1.82) is 0 Å². The fourth-order valence-corrected chi connectivity index (χ4v) is 1.26. The highest BCUT2D eigenvalue weighted by Gasteiger charge is 2.08. The Hall–Kier alpha value is -0.340. The molecule has 0 aromatic carbocycles. The van der Waals surface area contributed by atoms with E-state index in [1.165, 1.54) is 5.57 Å². The van der Waals surface area contributed by atoms with Crippen LogP contribution in [0.3, 0.4) is 0 Å². The van der Waals surface area contributed by atoms with Crippen LogP contribution in [0.5, 0.6) is 0 Å². The maximum Gasteiger partial charge on any atom is 0.0689 e. The van der Waals surface area contributed by atoms with Crippen LogP contribution in [0, 0.1) is 5.92 Å². The minimum absolute atomic E-state index is 0.586. The van der Waals surface area contributed by atoms with Gasteiger partial charge in [-0.1, -0.05) is 19.9 Å². The zero-order valence-electron chi connectivity index (χ0n) is 8.97. The van der Waals surface area contributed by atoms with Crippen LogP contribution in [-0.2, 0) is 4.74 Å². The molecule has 13 heavy (non-hydrogen) atoms. The molecule has 0 aliphatic carbocycles. The number of hydrogen-bond acceptors (Lipinski definition) is 2. The van der Waals surface area contributed by atoms with Gasteiger partial charge in [0, 0.05) is 12.6 Å². The molecule has 1 N–H and O–H groups in total. The topological polar surface area (TPSA) is 21.3 Å². The highest BCUT2D eigenvalue weighted by atomic mass is 16.5. The minimum atomic E-state index is 0.586. The van der Waals surface area contributed by atoms with Gasteiger partial charge in [-0.2, -0.15) is 0 Å². The van der Waals surface area contributed by atoms with Crippen LogP contribution in [0.1, 0.15) is 27.2 Å². The van der Waals surface area contributed by atoms with Crippen molar-refractivity contribution in [3.05, 3.63) is 11.6 Å². The second-order valence-electron chi connectivity index (χ2n) is 4.12. The molecule has 1 aliphatic rings. The van der Waals surface area contributed by atoms with Crippen LogP contribution in [0.15, 0.2) is 11.6 Å². The van der Waals surface area contributed by atoms with E-state index in [1.807, 2.05) is 0 Å². The van der Waals surface area contributed by atoms with Gasteiger partial charge in [0.1, 0.15) is 0 Å². The number of nitrogens with one attached hydrogen (secondary N) is 1. The highest BCUT2D eigenvalue weighted by Crippen LogP contribution is 2.06. The van der Waals surface area contributed by atoms with Gasteiger partial charge in [-0.25, -0.2) is 0 Å². The lowest BCUT2D eigenvalue weighted by molar-refractivity contribution is 0.148. The Morgan fingerprint density at radius 2 is 2.23 bits per heavy atom. The molecular weight excluding hydrogens is 162 g/mol. The van der Waals surface area contributed by atoms with Crippen LogP contribution in [0.25, 0.3) is 0 Å². The maximum atomic E-state index is 5.37. The van der Waals surface area contributed by atoms with E-state index in [0.29, 0.717) is 12.0 Å². The Bertz CT molecular complexity index is 175. The van der Waals surface area contributed by atoms with Crippen molar-refractivity contribution >= 4 is 0 Å². The van der Waals surface area contributed by atoms with E-state index in [9.17, 15) is 0 Å². The third kappa shape index (κ3) is 3.92. The lowest BCUT2D eigenvalue weighted by Crippen LogP contribution is -2.33. The first-order valence-corrected chi connectivity index (χ1v) is 5.19. The summed E-state index contributed by atoms with van der Waals surface area (Å²) in [6, 6.07) is 0.586. The quantitative estimate of drug-likeness (QED) is 0.673. The summed E-state index contributed by atoms with van der Waals surface area (Å²) in [5.74, 6) is 0.699. The lowest BCUT2D eigenvalue weighted by atomic mass is 10.1. The van der Waals surface area contributed by atoms with Gasteiger partial charge in [-0.05, 0) is 24.8 Å². The smallest absolute Gasteiger partial charge is 0.0689 e. The molecular formula is C11H21NO. The van der Waals surface area contributed by atoms with Gasteiger partial charge in [0.2, 0.25) is 0 Å². The van der Waals surface area contributed by atoms with Crippen molar-refractivity contribution in [1.82, 2.24) is 5.32 Å². The molecule has 0 bridgehead atoms. The van der Waals surface area contributed by atoms with Gasteiger partial charge < -0.3 is 10.1 Å². The summed E-state index contributed by atoms with van der Waals surface area (Å²) in [5, 5.41) is 3.50. The third-order valence-electron chi connectivity index (χ3n) is 2.63. The fraction of sp³-hybridized carbons (Fsp3) is 0.818. The van der Waals surface area contributed by atoms with Crippen LogP contribution < -0.4 is 5.32 Å². The molecule has 1 heterocycles. The summed E-state index contributed by atoms with van der Waals surface area (Å²) in [4.78, 5) is 0. The van der Waals surface area contributed by atoms with E-state index >= 15 is 0 Å². The predicted octanol–water partition coefficient (Wildman–Crippen LogP) is 1.97. The lowest BCUT2D eigenvalue weighted by Gasteiger charge is -2.20. The molecule has 1 atom stereocenters. The van der Waals surface area contributed by atoms with Crippen LogP contribution in [-0.4, -0.2) is 25.8 Å². The predicted molar refractivity (Wildman–Crippen MR) is 55.8 cm³/mol. The van der Waals surface area contributed by atoms with Crippen molar-refractivity contribution in [3.8, 4) is 0 Å². The van der Waals surface area contributed by atoms with Gasteiger partial charge in [0.25, 0.3) is 0 Å². The van der Waals surface area contributed by atoms with Crippen molar-refractivity contribution in [2.75, 3.05) is 19.8 Å². The van der Waals surface area contributed by atoms with Crippen molar-refractivity contribution in [3.63, 3.8) is 0 Å². The van der Waals surface area contributed by atoms with E-state index < -0.39 is 0 Å². The van der Waals surface area contributed by atoms with Gasteiger partial charge in [0.15, 0.2) is 0 Å². The zero-order valence-corrected chi connectivity index (χ0v) is 8.97. The molecule has 0 amide bonds. The largest absolute Gasteiger partial charge is 0.377 e. The molecule has 2 heteroatoms. The van der Waals surface area contributed by atoms with Crippen molar-refractivity contribution in [2.24, 2.45) is 5.92 Å². The molecule has 0 spiro atoms. The average Bonchev–Trinajstić information content (AvgIpc) is 2.15. The van der Waals surface area contributed by atoms with Crippen LogP contribution in [0.2, 0.25) is 0 Å². The second kappa shape index (κ2) is 5.40. The summed E-state index contributed by atoms with van der Waals surface area (Å²) in [6.07, 6.45) is 3.37. The van der Waals surface area contributed by atoms with E-state index in [4.69, 9.17) is 4.74 Å². The first-order chi connectivity index (χ1) is 6.20.